The molecule has 1 saturated heterocycles. The maximum Gasteiger partial charge on any atom is 0.422 e. The third-order valence-corrected chi connectivity index (χ3v) is 5.54. The Kier molecular flexibility index (Phi) is 7.51. The molecule has 1 fully saturated rings. The standard InChI is InChI=1S/C20H20F4N4O4S/c1-11(29)25-13-2-3-14(15(21)8-13)16-9-33-18(26-16)27-17(30)12-4-6-28(7-5-12)19(31)32-10-20(22,23)24/h2-3,8-9,12H,4-7,10H2,1H3,(H,25,29)(H,26,27,30). The number of likely N-dealkylation sites (tertiary alicyclic amines) is 1. The Balaban J connectivity index is 1.53. The number of benzene rings is 1. The van der Waals surface area contributed by atoms with Crippen LogP contribution in [0, 0.1) is 11.7 Å². The van der Waals surface area contributed by atoms with Crippen LogP contribution < -0.4 is 10.6 Å². The van der Waals surface area contributed by atoms with Gasteiger partial charge in [0.2, 0.25) is 11.8 Å². The first-order valence-corrected chi connectivity index (χ1v) is 10.7. The van der Waals surface area contributed by atoms with Crippen molar-refractivity contribution in [3.63, 3.8) is 0 Å². The van der Waals surface area contributed by atoms with Crippen LogP contribution in [0.1, 0.15) is 19.8 Å². The van der Waals surface area contributed by atoms with E-state index in [9.17, 15) is 31.9 Å². The minimum Gasteiger partial charge on any atom is -0.440 e. The van der Waals surface area contributed by atoms with E-state index >= 15 is 0 Å². The number of halogens is 4. The molecule has 0 aliphatic carbocycles. The Hall–Kier alpha value is -3.22. The molecule has 0 spiro atoms. The molecular formula is C20H20F4N4O4S. The quantitative estimate of drug-likeness (QED) is 0.613. The van der Waals surface area contributed by atoms with Gasteiger partial charge in [-0.2, -0.15) is 13.2 Å². The van der Waals surface area contributed by atoms with Crippen molar-refractivity contribution in [2.75, 3.05) is 30.3 Å². The topological polar surface area (TPSA) is 101 Å². The van der Waals surface area contributed by atoms with Crippen LogP contribution >= 0.6 is 11.3 Å². The molecular weight excluding hydrogens is 468 g/mol. The number of rotatable bonds is 5. The van der Waals surface area contributed by atoms with Crippen LogP contribution in [-0.4, -0.2) is 53.7 Å². The number of carbonyl (C=O) groups excluding carboxylic acids is 3. The summed E-state index contributed by atoms with van der Waals surface area (Å²) in [6, 6.07) is 4.17. The molecule has 178 valence electrons. The number of hydrogen-bond donors (Lipinski definition) is 2. The molecule has 3 amide bonds. The summed E-state index contributed by atoms with van der Waals surface area (Å²) in [5.41, 5.74) is 0.817. The average Bonchev–Trinajstić information content (AvgIpc) is 3.19. The summed E-state index contributed by atoms with van der Waals surface area (Å²) < 4.78 is 55.1. The number of ether oxygens (including phenoxy) is 1. The van der Waals surface area contributed by atoms with Crippen molar-refractivity contribution in [2.45, 2.75) is 25.9 Å². The van der Waals surface area contributed by atoms with E-state index in [0.717, 1.165) is 16.2 Å². The zero-order valence-corrected chi connectivity index (χ0v) is 18.2. The molecule has 1 aromatic heterocycles. The molecule has 0 saturated carbocycles. The fourth-order valence-electron chi connectivity index (χ4n) is 3.23. The van der Waals surface area contributed by atoms with Gasteiger partial charge >= 0.3 is 12.3 Å². The van der Waals surface area contributed by atoms with Crippen LogP contribution in [0.2, 0.25) is 0 Å². The molecule has 0 radical (unpaired) electrons. The van der Waals surface area contributed by atoms with Crippen LogP contribution in [0.25, 0.3) is 11.3 Å². The fourth-order valence-corrected chi connectivity index (χ4v) is 3.94. The van der Waals surface area contributed by atoms with E-state index in [1.165, 1.54) is 25.1 Å². The highest BCUT2D eigenvalue weighted by Gasteiger charge is 2.33. The molecule has 2 aromatic rings. The minimum absolute atomic E-state index is 0.0871. The monoisotopic (exact) mass is 488 g/mol. The lowest BCUT2D eigenvalue weighted by Crippen LogP contribution is -2.42. The molecule has 2 heterocycles. The smallest absolute Gasteiger partial charge is 0.422 e. The number of alkyl halides is 3. The van der Waals surface area contributed by atoms with Crippen LogP contribution in [0.5, 0.6) is 0 Å². The lowest BCUT2D eigenvalue weighted by atomic mass is 9.96. The molecule has 33 heavy (non-hydrogen) atoms. The van der Waals surface area contributed by atoms with E-state index in [0.29, 0.717) is 11.4 Å². The van der Waals surface area contributed by atoms with Gasteiger partial charge in [0.15, 0.2) is 11.7 Å². The van der Waals surface area contributed by atoms with E-state index in [4.69, 9.17) is 0 Å². The van der Waals surface area contributed by atoms with Crippen LogP contribution in [0.4, 0.5) is 33.2 Å². The first-order valence-electron chi connectivity index (χ1n) is 9.84. The lowest BCUT2D eigenvalue weighted by molar-refractivity contribution is -0.162. The van der Waals surface area contributed by atoms with Gasteiger partial charge in [0.1, 0.15) is 5.82 Å². The van der Waals surface area contributed by atoms with Crippen molar-refractivity contribution < 1.29 is 36.7 Å². The largest absolute Gasteiger partial charge is 0.440 e. The van der Waals surface area contributed by atoms with Gasteiger partial charge in [-0.15, -0.1) is 11.3 Å². The Morgan fingerprint density at radius 3 is 2.52 bits per heavy atom. The SMILES string of the molecule is CC(=O)Nc1ccc(-c2csc(NC(=O)C3CCN(C(=O)OCC(F)(F)F)CC3)n2)c(F)c1. The maximum absolute atomic E-state index is 14.4. The number of amides is 3. The van der Waals surface area contributed by atoms with Gasteiger partial charge in [0.25, 0.3) is 0 Å². The van der Waals surface area contributed by atoms with Gasteiger partial charge in [-0.25, -0.2) is 14.2 Å². The first-order chi connectivity index (χ1) is 15.5. The molecule has 1 aromatic carbocycles. The molecule has 0 unspecified atom stereocenters. The van der Waals surface area contributed by atoms with E-state index in [-0.39, 0.29) is 48.4 Å². The van der Waals surface area contributed by atoms with Crippen molar-refractivity contribution in [1.29, 1.82) is 0 Å². The number of piperidine rings is 1. The molecule has 8 nitrogen and oxygen atoms in total. The highest BCUT2D eigenvalue weighted by Crippen LogP contribution is 2.29. The van der Waals surface area contributed by atoms with Crippen molar-refractivity contribution in [3.8, 4) is 11.3 Å². The summed E-state index contributed by atoms with van der Waals surface area (Å²) in [7, 11) is 0. The third kappa shape index (κ3) is 6.88. The van der Waals surface area contributed by atoms with Crippen LogP contribution in [0.3, 0.4) is 0 Å². The summed E-state index contributed by atoms with van der Waals surface area (Å²) in [5, 5.41) is 6.96. The summed E-state index contributed by atoms with van der Waals surface area (Å²) in [6.07, 6.45) is -5.16. The van der Waals surface area contributed by atoms with Crippen molar-refractivity contribution in [1.82, 2.24) is 9.88 Å². The number of thiazole rings is 1. The van der Waals surface area contributed by atoms with Crippen LogP contribution in [-0.2, 0) is 14.3 Å². The Bertz CT molecular complexity index is 1040. The minimum atomic E-state index is -4.60. The van der Waals surface area contributed by atoms with Crippen molar-refractivity contribution in [2.24, 2.45) is 5.92 Å². The predicted molar refractivity (Wildman–Crippen MR) is 112 cm³/mol. The van der Waals surface area contributed by atoms with Gasteiger partial charge in [0.05, 0.1) is 5.69 Å². The summed E-state index contributed by atoms with van der Waals surface area (Å²) in [6.45, 7) is -0.173. The number of nitrogens with zero attached hydrogens (tertiary/aromatic N) is 2. The second-order valence-electron chi connectivity index (χ2n) is 7.33. The molecule has 1 aliphatic rings. The molecule has 0 bridgehead atoms. The zero-order chi connectivity index (χ0) is 24.2. The predicted octanol–water partition coefficient (Wildman–Crippen LogP) is 4.26. The summed E-state index contributed by atoms with van der Waals surface area (Å²) >= 11 is 1.10. The Labute approximate surface area is 189 Å². The molecule has 3 rings (SSSR count). The lowest BCUT2D eigenvalue weighted by Gasteiger charge is -2.30. The molecule has 13 heteroatoms. The summed E-state index contributed by atoms with van der Waals surface area (Å²) in [4.78, 5) is 40.6. The summed E-state index contributed by atoms with van der Waals surface area (Å²) in [5.74, 6) is -1.72. The van der Waals surface area contributed by atoms with E-state index in [1.807, 2.05) is 0 Å². The molecule has 1 aliphatic heterocycles. The van der Waals surface area contributed by atoms with E-state index < -0.39 is 30.6 Å². The normalized spacial score (nSPS) is 14.6. The Morgan fingerprint density at radius 1 is 1.21 bits per heavy atom. The number of aromatic nitrogens is 1. The van der Waals surface area contributed by atoms with Gasteiger partial charge in [-0.1, -0.05) is 0 Å². The van der Waals surface area contributed by atoms with Crippen molar-refractivity contribution in [3.05, 3.63) is 29.4 Å². The fraction of sp³-hybridized carbons (Fsp3) is 0.400. The van der Waals surface area contributed by atoms with Gasteiger partial charge in [-0.05, 0) is 31.0 Å². The number of anilines is 2. The third-order valence-electron chi connectivity index (χ3n) is 4.78. The highest BCUT2D eigenvalue weighted by molar-refractivity contribution is 7.14. The van der Waals surface area contributed by atoms with Gasteiger partial charge in [-0.3, -0.25) is 9.59 Å². The van der Waals surface area contributed by atoms with Crippen LogP contribution in [0.15, 0.2) is 23.6 Å². The second kappa shape index (κ2) is 10.1. The zero-order valence-electron chi connectivity index (χ0n) is 17.4. The van der Waals surface area contributed by atoms with E-state index in [1.54, 1.807) is 5.38 Å². The molecule has 2 N–H and O–H groups in total. The number of carbonyl (C=O) groups is 3. The molecule has 0 atom stereocenters. The van der Waals surface area contributed by atoms with E-state index in [2.05, 4.69) is 20.4 Å². The number of hydrogen-bond acceptors (Lipinski definition) is 6. The number of nitrogens with one attached hydrogen (secondary N) is 2. The second-order valence-corrected chi connectivity index (χ2v) is 8.19. The first kappa shape index (κ1) is 24.4. The maximum atomic E-state index is 14.4. The van der Waals surface area contributed by atoms with Gasteiger partial charge in [0, 0.05) is 42.6 Å². The highest BCUT2D eigenvalue weighted by atomic mass is 32.1. The Morgan fingerprint density at radius 2 is 1.91 bits per heavy atom. The van der Waals surface area contributed by atoms with Gasteiger partial charge < -0.3 is 20.3 Å². The average molecular weight is 488 g/mol. The van der Waals surface area contributed by atoms with Crippen molar-refractivity contribution >= 4 is 40.1 Å².